The van der Waals surface area contributed by atoms with Crippen LogP contribution in [0.1, 0.15) is 30.6 Å². The smallest absolute Gasteiger partial charge is 0.338 e. The van der Waals surface area contributed by atoms with Gasteiger partial charge < -0.3 is 14.2 Å². The van der Waals surface area contributed by atoms with Gasteiger partial charge in [-0.05, 0) is 25.5 Å². The molecule has 1 rings (SSSR count). The van der Waals surface area contributed by atoms with Crippen LogP contribution < -0.4 is 9.47 Å². The molecule has 0 heterocycles. The first-order valence-electron chi connectivity index (χ1n) is 5.54. The second-order valence-electron chi connectivity index (χ2n) is 3.73. The van der Waals surface area contributed by atoms with E-state index in [2.05, 4.69) is 0 Å². The fourth-order valence-electron chi connectivity index (χ4n) is 1.26. The first kappa shape index (κ1) is 13.4. The van der Waals surface area contributed by atoms with Gasteiger partial charge in [-0.2, -0.15) is 0 Å². The minimum absolute atomic E-state index is 0.0975. The van der Waals surface area contributed by atoms with Crippen LogP contribution in [0, 0.1) is 0 Å². The number of carbonyl (C=O) groups is 1. The molecule has 0 fully saturated rings. The molecule has 0 aliphatic carbocycles. The Hall–Kier alpha value is -1.71. The maximum Gasteiger partial charge on any atom is 0.338 e. The number of esters is 1. The summed E-state index contributed by atoms with van der Waals surface area (Å²) >= 11 is 0. The van der Waals surface area contributed by atoms with Crippen LogP contribution in [0.4, 0.5) is 0 Å². The maximum atomic E-state index is 11.8. The van der Waals surface area contributed by atoms with Gasteiger partial charge in [0, 0.05) is 6.07 Å². The Morgan fingerprint density at radius 1 is 1.18 bits per heavy atom. The van der Waals surface area contributed by atoms with Gasteiger partial charge in [-0.25, -0.2) is 4.79 Å². The number of benzene rings is 1. The Morgan fingerprint density at radius 2 is 1.71 bits per heavy atom. The van der Waals surface area contributed by atoms with Crippen LogP contribution in [0.25, 0.3) is 0 Å². The molecule has 0 aliphatic heterocycles. The molecule has 17 heavy (non-hydrogen) atoms. The van der Waals surface area contributed by atoms with E-state index in [9.17, 15) is 4.79 Å². The summed E-state index contributed by atoms with van der Waals surface area (Å²) in [6.45, 7) is 3.82. The molecule has 0 aromatic heterocycles. The second-order valence-corrected chi connectivity index (χ2v) is 3.73. The summed E-state index contributed by atoms with van der Waals surface area (Å²) < 4.78 is 15.4. The summed E-state index contributed by atoms with van der Waals surface area (Å²) in [6.07, 6.45) is 0.687. The van der Waals surface area contributed by atoms with E-state index in [1.807, 2.05) is 13.8 Å². The normalized spacial score (nSPS) is 11.8. The molecule has 0 saturated heterocycles. The summed E-state index contributed by atoms with van der Waals surface area (Å²) in [7, 11) is 3.08. The molecule has 1 unspecified atom stereocenters. The average molecular weight is 238 g/mol. The topological polar surface area (TPSA) is 44.8 Å². The lowest BCUT2D eigenvalue weighted by Gasteiger charge is -2.12. The van der Waals surface area contributed by atoms with Crippen molar-refractivity contribution in [1.29, 1.82) is 0 Å². The number of hydrogen-bond acceptors (Lipinski definition) is 4. The van der Waals surface area contributed by atoms with Crippen molar-refractivity contribution in [3.63, 3.8) is 0 Å². The average Bonchev–Trinajstić information content (AvgIpc) is 2.37. The minimum atomic E-state index is -0.364. The molecule has 0 radical (unpaired) electrons. The maximum absolute atomic E-state index is 11.8. The van der Waals surface area contributed by atoms with Gasteiger partial charge in [0.2, 0.25) is 0 Å². The van der Waals surface area contributed by atoms with Gasteiger partial charge in [-0.3, -0.25) is 0 Å². The van der Waals surface area contributed by atoms with Gasteiger partial charge in [-0.15, -0.1) is 0 Å². The highest BCUT2D eigenvalue weighted by Gasteiger charge is 2.13. The zero-order valence-electron chi connectivity index (χ0n) is 10.6. The molecule has 94 valence electrons. The van der Waals surface area contributed by atoms with Crippen molar-refractivity contribution in [1.82, 2.24) is 0 Å². The molecular weight excluding hydrogens is 220 g/mol. The molecule has 0 bridgehead atoms. The van der Waals surface area contributed by atoms with Crippen molar-refractivity contribution in [3.05, 3.63) is 23.8 Å². The van der Waals surface area contributed by atoms with Crippen molar-refractivity contribution >= 4 is 5.97 Å². The Morgan fingerprint density at radius 3 is 2.12 bits per heavy atom. The lowest BCUT2D eigenvalue weighted by molar-refractivity contribution is 0.0333. The van der Waals surface area contributed by atoms with Crippen molar-refractivity contribution in [2.45, 2.75) is 26.4 Å². The van der Waals surface area contributed by atoms with Gasteiger partial charge in [0.05, 0.1) is 25.9 Å². The monoisotopic (exact) mass is 238 g/mol. The van der Waals surface area contributed by atoms with Crippen molar-refractivity contribution in [2.24, 2.45) is 0 Å². The van der Waals surface area contributed by atoms with E-state index in [0.717, 1.165) is 6.42 Å². The molecule has 0 aliphatic rings. The van der Waals surface area contributed by atoms with E-state index < -0.39 is 0 Å². The van der Waals surface area contributed by atoms with Gasteiger partial charge >= 0.3 is 5.97 Å². The van der Waals surface area contributed by atoms with E-state index in [4.69, 9.17) is 14.2 Å². The van der Waals surface area contributed by atoms with Crippen LogP contribution in [0.2, 0.25) is 0 Å². The van der Waals surface area contributed by atoms with E-state index in [1.54, 1.807) is 32.4 Å². The number of rotatable bonds is 5. The molecule has 0 spiro atoms. The Kier molecular flexibility index (Phi) is 4.82. The van der Waals surface area contributed by atoms with E-state index in [0.29, 0.717) is 17.1 Å². The fraction of sp³-hybridized carbons (Fsp3) is 0.462. The number of ether oxygens (including phenoxy) is 3. The Balaban J connectivity index is 2.92. The fourth-order valence-corrected chi connectivity index (χ4v) is 1.26. The third-order valence-electron chi connectivity index (χ3n) is 2.47. The van der Waals surface area contributed by atoms with Crippen molar-refractivity contribution in [3.8, 4) is 11.5 Å². The van der Waals surface area contributed by atoms with Crippen LogP contribution in [0.3, 0.4) is 0 Å². The highest BCUT2D eigenvalue weighted by molar-refractivity contribution is 5.90. The predicted octanol–water partition coefficient (Wildman–Crippen LogP) is 2.66. The predicted molar refractivity (Wildman–Crippen MR) is 64.7 cm³/mol. The molecule has 0 amide bonds. The summed E-state index contributed by atoms with van der Waals surface area (Å²) in [6, 6.07) is 4.97. The highest BCUT2D eigenvalue weighted by atomic mass is 16.5. The lowest BCUT2D eigenvalue weighted by atomic mass is 10.2. The first-order chi connectivity index (χ1) is 8.10. The molecular formula is C13H18O4. The summed E-state index contributed by atoms with van der Waals surface area (Å²) in [5.41, 5.74) is 0.432. The molecule has 4 heteroatoms. The first-order valence-corrected chi connectivity index (χ1v) is 5.54. The molecule has 4 nitrogen and oxygen atoms in total. The third-order valence-corrected chi connectivity index (χ3v) is 2.47. The molecule has 0 saturated carbocycles. The standard InChI is InChI=1S/C13H18O4/c1-5-9(2)17-13(14)10-6-11(15-3)8-12(7-10)16-4/h6-9H,5H2,1-4H3. The molecule has 0 N–H and O–H groups in total. The van der Waals surface area contributed by atoms with Crippen LogP contribution in [0.15, 0.2) is 18.2 Å². The van der Waals surface area contributed by atoms with Gasteiger partial charge in [-0.1, -0.05) is 6.92 Å². The van der Waals surface area contributed by atoms with Crippen LogP contribution in [-0.4, -0.2) is 26.3 Å². The minimum Gasteiger partial charge on any atom is -0.497 e. The number of carbonyl (C=O) groups excluding carboxylic acids is 1. The Bertz CT molecular complexity index is 365. The van der Waals surface area contributed by atoms with Gasteiger partial charge in [0.15, 0.2) is 0 Å². The highest BCUT2D eigenvalue weighted by Crippen LogP contribution is 2.23. The summed E-state index contributed by atoms with van der Waals surface area (Å²) in [5, 5.41) is 0. The largest absolute Gasteiger partial charge is 0.497 e. The van der Waals surface area contributed by atoms with Crippen molar-refractivity contribution < 1.29 is 19.0 Å². The SMILES string of the molecule is CCC(C)OC(=O)c1cc(OC)cc(OC)c1. The van der Waals surface area contributed by atoms with Crippen LogP contribution >= 0.6 is 0 Å². The van der Waals surface area contributed by atoms with E-state index >= 15 is 0 Å². The molecule has 1 atom stereocenters. The van der Waals surface area contributed by atoms with Crippen LogP contribution in [0.5, 0.6) is 11.5 Å². The van der Waals surface area contributed by atoms with Crippen molar-refractivity contribution in [2.75, 3.05) is 14.2 Å². The number of hydrogen-bond donors (Lipinski definition) is 0. The second kappa shape index (κ2) is 6.13. The quantitative estimate of drug-likeness (QED) is 0.740. The summed E-state index contributed by atoms with van der Waals surface area (Å²) in [5.74, 6) is 0.775. The van der Waals surface area contributed by atoms with E-state index in [-0.39, 0.29) is 12.1 Å². The molecule has 1 aromatic carbocycles. The Labute approximate surface area is 101 Å². The van der Waals surface area contributed by atoms with Gasteiger partial charge in [0.1, 0.15) is 11.5 Å². The summed E-state index contributed by atoms with van der Waals surface area (Å²) in [4.78, 5) is 11.8. The van der Waals surface area contributed by atoms with Crippen LogP contribution in [-0.2, 0) is 4.74 Å². The zero-order chi connectivity index (χ0) is 12.8. The lowest BCUT2D eigenvalue weighted by Crippen LogP contribution is -2.14. The van der Waals surface area contributed by atoms with E-state index in [1.165, 1.54) is 0 Å². The van der Waals surface area contributed by atoms with Gasteiger partial charge in [0.25, 0.3) is 0 Å². The molecule has 1 aromatic rings. The zero-order valence-corrected chi connectivity index (χ0v) is 10.6. The third kappa shape index (κ3) is 3.66. The number of methoxy groups -OCH3 is 2.